The minimum absolute atomic E-state index is 0.0708. The number of carboxylic acids is 1. The maximum Gasteiger partial charge on any atom is 0.416 e. The Balaban J connectivity index is 1.95. The van der Waals surface area contributed by atoms with E-state index in [0.717, 1.165) is 17.7 Å². The summed E-state index contributed by atoms with van der Waals surface area (Å²) in [5.74, 6) is -1.62. The molecule has 1 fully saturated rings. The molecule has 1 aromatic heterocycles. The summed E-state index contributed by atoms with van der Waals surface area (Å²) < 4.78 is 38.8. The summed E-state index contributed by atoms with van der Waals surface area (Å²) >= 11 is 0. The van der Waals surface area contributed by atoms with Crippen LogP contribution in [0.2, 0.25) is 0 Å². The van der Waals surface area contributed by atoms with Crippen molar-refractivity contribution in [3.8, 4) is 5.75 Å². The molecule has 0 spiro atoms. The van der Waals surface area contributed by atoms with E-state index in [4.69, 9.17) is 0 Å². The minimum Gasteiger partial charge on any atom is -0.505 e. The average molecular weight is 415 g/mol. The first-order valence-corrected chi connectivity index (χ1v) is 9.63. The first-order valence-electron chi connectivity index (χ1n) is 9.63. The molecule has 1 saturated carbocycles. The molecule has 7 heteroatoms. The number of rotatable bonds is 4. The maximum absolute atomic E-state index is 12.9. The van der Waals surface area contributed by atoms with Crippen molar-refractivity contribution in [2.24, 2.45) is 0 Å². The van der Waals surface area contributed by atoms with Gasteiger partial charge in [0.05, 0.1) is 16.8 Å². The highest BCUT2D eigenvalue weighted by Gasteiger charge is 2.50. The van der Waals surface area contributed by atoms with Gasteiger partial charge >= 0.3 is 12.1 Å². The molecule has 3 aromatic rings. The number of alkyl halides is 3. The Morgan fingerprint density at radius 1 is 1.10 bits per heavy atom. The van der Waals surface area contributed by atoms with Crippen molar-refractivity contribution in [1.82, 2.24) is 4.98 Å². The van der Waals surface area contributed by atoms with Crippen LogP contribution in [0.5, 0.6) is 5.75 Å². The number of carbonyl (C=O) groups is 1. The van der Waals surface area contributed by atoms with Crippen LogP contribution < -0.4 is 0 Å². The number of aromatic carboxylic acids is 1. The van der Waals surface area contributed by atoms with E-state index in [-0.39, 0.29) is 17.2 Å². The molecule has 0 atom stereocenters. The van der Waals surface area contributed by atoms with E-state index in [9.17, 15) is 28.2 Å². The molecule has 0 bridgehead atoms. The van der Waals surface area contributed by atoms with Crippen LogP contribution in [0, 0.1) is 0 Å². The number of pyridine rings is 1. The number of carboxylic acid groups (broad SMARTS) is 1. The molecular formula is C23H20F3NO3. The van der Waals surface area contributed by atoms with Gasteiger partial charge in [-0.05, 0) is 42.0 Å². The number of fused-ring (bicyclic) bond motifs is 1. The van der Waals surface area contributed by atoms with E-state index in [1.807, 2.05) is 19.9 Å². The fourth-order valence-electron chi connectivity index (χ4n) is 4.08. The lowest BCUT2D eigenvalue weighted by Gasteiger charge is -2.21. The molecule has 0 unspecified atom stereocenters. The third-order valence-corrected chi connectivity index (χ3v) is 5.83. The van der Waals surface area contributed by atoms with Crippen molar-refractivity contribution < 1.29 is 28.2 Å². The van der Waals surface area contributed by atoms with Gasteiger partial charge in [-0.2, -0.15) is 13.2 Å². The van der Waals surface area contributed by atoms with Gasteiger partial charge in [0.25, 0.3) is 0 Å². The lowest BCUT2D eigenvalue weighted by Crippen LogP contribution is -2.15. The number of nitrogens with zero attached hydrogens (tertiary/aromatic N) is 1. The quantitative estimate of drug-likeness (QED) is 0.560. The van der Waals surface area contributed by atoms with Crippen LogP contribution in [0.4, 0.5) is 13.2 Å². The molecule has 4 rings (SSSR count). The Morgan fingerprint density at radius 3 is 2.23 bits per heavy atom. The highest BCUT2D eigenvalue weighted by Crippen LogP contribution is 2.56. The van der Waals surface area contributed by atoms with Crippen LogP contribution in [0.25, 0.3) is 10.9 Å². The fourth-order valence-corrected chi connectivity index (χ4v) is 4.08. The SMILES string of the molecule is CC(C)c1cccc2c(C(=O)O)c(O)c(C3(c4ccc(C(F)(F)F)cc4)CC3)nc12. The lowest BCUT2D eigenvalue weighted by atomic mass is 9.88. The van der Waals surface area contributed by atoms with Crippen LogP contribution in [0.15, 0.2) is 42.5 Å². The number of aromatic nitrogens is 1. The molecule has 0 saturated heterocycles. The molecule has 2 N–H and O–H groups in total. The standard InChI is InChI=1S/C23H20F3NO3/c1-12(2)15-4-3-5-16-17(21(29)30)19(28)20(27-18(15)16)22(10-11-22)13-6-8-14(9-7-13)23(24,25)26/h3-9,12,28H,10-11H2,1-2H3,(H,29,30). The van der Waals surface area contributed by atoms with E-state index in [1.165, 1.54) is 12.1 Å². The second-order valence-corrected chi connectivity index (χ2v) is 8.04. The zero-order valence-corrected chi connectivity index (χ0v) is 16.4. The van der Waals surface area contributed by atoms with Crippen LogP contribution >= 0.6 is 0 Å². The Labute approximate surface area is 171 Å². The second kappa shape index (κ2) is 6.72. The number of para-hydroxylation sites is 1. The van der Waals surface area contributed by atoms with Gasteiger partial charge < -0.3 is 10.2 Å². The van der Waals surface area contributed by atoms with E-state index in [0.29, 0.717) is 29.3 Å². The molecule has 30 heavy (non-hydrogen) atoms. The van der Waals surface area contributed by atoms with Crippen molar-refractivity contribution in [3.63, 3.8) is 0 Å². The van der Waals surface area contributed by atoms with E-state index >= 15 is 0 Å². The highest BCUT2D eigenvalue weighted by atomic mass is 19.4. The van der Waals surface area contributed by atoms with E-state index in [1.54, 1.807) is 12.1 Å². The summed E-state index contributed by atoms with van der Waals surface area (Å²) in [7, 11) is 0. The van der Waals surface area contributed by atoms with E-state index < -0.39 is 28.9 Å². The molecule has 0 aliphatic heterocycles. The predicted octanol–water partition coefficient (Wildman–Crippen LogP) is 5.86. The van der Waals surface area contributed by atoms with Crippen molar-refractivity contribution in [2.75, 3.05) is 0 Å². The smallest absolute Gasteiger partial charge is 0.416 e. The predicted molar refractivity (Wildman–Crippen MR) is 106 cm³/mol. The number of benzene rings is 2. The third kappa shape index (κ3) is 3.09. The maximum atomic E-state index is 12.9. The minimum atomic E-state index is -4.44. The molecule has 4 nitrogen and oxygen atoms in total. The van der Waals surface area contributed by atoms with E-state index in [2.05, 4.69) is 4.98 Å². The topological polar surface area (TPSA) is 70.4 Å². The number of hydrogen-bond acceptors (Lipinski definition) is 3. The van der Waals surface area contributed by atoms with Gasteiger partial charge in [-0.1, -0.05) is 44.2 Å². The first-order chi connectivity index (χ1) is 14.1. The Kier molecular flexibility index (Phi) is 4.52. The fraction of sp³-hybridized carbons (Fsp3) is 0.304. The molecule has 1 heterocycles. The summed E-state index contributed by atoms with van der Waals surface area (Å²) in [6.07, 6.45) is -3.32. The largest absolute Gasteiger partial charge is 0.505 e. The van der Waals surface area contributed by atoms with Gasteiger partial charge in [-0.3, -0.25) is 0 Å². The molecule has 1 aliphatic carbocycles. The first kappa shape index (κ1) is 20.2. The third-order valence-electron chi connectivity index (χ3n) is 5.83. The molecule has 1 aliphatic rings. The zero-order chi connectivity index (χ0) is 21.8. The van der Waals surface area contributed by atoms with Crippen molar-refractivity contribution in [1.29, 1.82) is 0 Å². The van der Waals surface area contributed by atoms with Gasteiger partial charge in [0.1, 0.15) is 5.56 Å². The summed E-state index contributed by atoms with van der Waals surface area (Å²) in [6, 6.07) is 9.98. The number of hydrogen-bond donors (Lipinski definition) is 2. The average Bonchev–Trinajstić information content (AvgIpc) is 3.47. The van der Waals surface area contributed by atoms with Crippen LogP contribution in [0.3, 0.4) is 0 Å². The summed E-state index contributed by atoms with van der Waals surface area (Å²) in [4.78, 5) is 16.7. The molecule has 156 valence electrons. The van der Waals surface area contributed by atoms with Crippen LogP contribution in [0.1, 0.15) is 65.3 Å². The van der Waals surface area contributed by atoms with Crippen LogP contribution in [-0.2, 0) is 11.6 Å². The molecular weight excluding hydrogens is 395 g/mol. The summed E-state index contributed by atoms with van der Waals surface area (Å²) in [5.41, 5.74) is 0.352. The summed E-state index contributed by atoms with van der Waals surface area (Å²) in [5, 5.41) is 21.0. The second-order valence-electron chi connectivity index (χ2n) is 8.04. The van der Waals surface area contributed by atoms with Gasteiger partial charge in [-0.15, -0.1) is 0 Å². The highest BCUT2D eigenvalue weighted by molar-refractivity contribution is 6.06. The van der Waals surface area contributed by atoms with Crippen LogP contribution in [-0.4, -0.2) is 21.2 Å². The monoisotopic (exact) mass is 415 g/mol. The Hall–Kier alpha value is -3.09. The normalized spacial score (nSPS) is 15.5. The van der Waals surface area contributed by atoms with Gasteiger partial charge in [-0.25, -0.2) is 9.78 Å². The Morgan fingerprint density at radius 2 is 1.73 bits per heavy atom. The zero-order valence-electron chi connectivity index (χ0n) is 16.4. The van der Waals surface area contributed by atoms with Gasteiger partial charge in [0.15, 0.2) is 5.75 Å². The Bertz CT molecular complexity index is 1150. The molecule has 0 radical (unpaired) electrons. The van der Waals surface area contributed by atoms with Gasteiger partial charge in [0, 0.05) is 10.8 Å². The van der Waals surface area contributed by atoms with Gasteiger partial charge in [0.2, 0.25) is 0 Å². The lowest BCUT2D eigenvalue weighted by molar-refractivity contribution is -0.137. The molecule has 2 aromatic carbocycles. The number of halogens is 3. The van der Waals surface area contributed by atoms with Crippen molar-refractivity contribution >= 4 is 16.9 Å². The summed E-state index contributed by atoms with van der Waals surface area (Å²) in [6.45, 7) is 3.93. The van der Waals surface area contributed by atoms with Crippen molar-refractivity contribution in [3.05, 3.63) is 70.4 Å². The molecule has 0 amide bonds. The number of aromatic hydroxyl groups is 1. The van der Waals surface area contributed by atoms with Crippen molar-refractivity contribution in [2.45, 2.75) is 44.2 Å².